The number of hydrogen-bond acceptors (Lipinski definition) is 3. The molecule has 2 aromatic rings. The van der Waals surface area contributed by atoms with Crippen molar-refractivity contribution in [3.8, 4) is 11.5 Å². The summed E-state index contributed by atoms with van der Waals surface area (Å²) in [5.74, 6) is -0.449. The molecule has 0 spiro atoms. The Morgan fingerprint density at radius 3 is 2.57 bits per heavy atom. The van der Waals surface area contributed by atoms with E-state index in [1.54, 1.807) is 31.2 Å². The van der Waals surface area contributed by atoms with Gasteiger partial charge >= 0.3 is 0 Å². The highest BCUT2D eigenvalue weighted by atomic mass is 19.1. The van der Waals surface area contributed by atoms with Crippen molar-refractivity contribution < 1.29 is 18.3 Å². The van der Waals surface area contributed by atoms with Crippen LogP contribution >= 0.6 is 0 Å². The lowest BCUT2D eigenvalue weighted by Crippen LogP contribution is -2.07. The monoisotopic (exact) mass is 293 g/mol. The Kier molecular flexibility index (Phi) is 4.75. The van der Waals surface area contributed by atoms with Gasteiger partial charge in [0.2, 0.25) is 0 Å². The summed E-state index contributed by atoms with van der Waals surface area (Å²) in [6.45, 7) is 1.69. The zero-order chi connectivity index (χ0) is 15.4. The molecule has 0 radical (unpaired) electrons. The standard InChI is InChI=1S/C16H17F2NO2/c1-10(19)13-7-6-12(8-14(13)17)21-9-11-4-3-5-15(20-2)16(11)18/h3-8,10H,9,19H2,1-2H3. The van der Waals surface area contributed by atoms with Crippen LogP contribution in [0.25, 0.3) is 0 Å². The molecule has 0 aliphatic heterocycles. The van der Waals surface area contributed by atoms with E-state index in [0.29, 0.717) is 16.9 Å². The van der Waals surface area contributed by atoms with Gasteiger partial charge in [-0.25, -0.2) is 8.78 Å². The highest BCUT2D eigenvalue weighted by Crippen LogP contribution is 2.24. The second-order valence-corrected chi connectivity index (χ2v) is 4.69. The minimum Gasteiger partial charge on any atom is -0.494 e. The van der Waals surface area contributed by atoms with Gasteiger partial charge < -0.3 is 15.2 Å². The van der Waals surface area contributed by atoms with Crippen LogP contribution in [0.4, 0.5) is 8.78 Å². The van der Waals surface area contributed by atoms with E-state index in [1.165, 1.54) is 19.2 Å². The lowest BCUT2D eigenvalue weighted by atomic mass is 10.1. The summed E-state index contributed by atoms with van der Waals surface area (Å²) in [4.78, 5) is 0. The molecule has 1 unspecified atom stereocenters. The van der Waals surface area contributed by atoms with Gasteiger partial charge in [-0.3, -0.25) is 0 Å². The van der Waals surface area contributed by atoms with Crippen molar-refractivity contribution in [1.29, 1.82) is 0 Å². The van der Waals surface area contributed by atoms with E-state index in [-0.39, 0.29) is 12.4 Å². The first-order valence-electron chi connectivity index (χ1n) is 6.52. The van der Waals surface area contributed by atoms with Crippen LogP contribution in [-0.4, -0.2) is 7.11 Å². The Hall–Kier alpha value is -2.14. The lowest BCUT2D eigenvalue weighted by Gasteiger charge is -2.11. The molecular weight excluding hydrogens is 276 g/mol. The SMILES string of the molecule is COc1cccc(COc2ccc(C(C)N)c(F)c2)c1F. The van der Waals surface area contributed by atoms with E-state index in [1.807, 2.05) is 0 Å². The van der Waals surface area contributed by atoms with E-state index in [4.69, 9.17) is 15.2 Å². The van der Waals surface area contributed by atoms with Crippen molar-refractivity contribution >= 4 is 0 Å². The Labute approximate surface area is 122 Å². The van der Waals surface area contributed by atoms with E-state index in [2.05, 4.69) is 0 Å². The summed E-state index contributed by atoms with van der Waals surface area (Å²) in [6, 6.07) is 8.81. The minimum absolute atomic E-state index is 0.0139. The zero-order valence-electron chi connectivity index (χ0n) is 11.9. The van der Waals surface area contributed by atoms with E-state index >= 15 is 0 Å². The molecule has 0 heterocycles. The molecular formula is C16H17F2NO2. The molecule has 0 aromatic heterocycles. The predicted octanol–water partition coefficient (Wildman–Crippen LogP) is 3.57. The summed E-state index contributed by atoms with van der Waals surface area (Å²) in [5, 5.41) is 0. The second-order valence-electron chi connectivity index (χ2n) is 4.69. The molecule has 0 saturated carbocycles. The summed E-state index contributed by atoms with van der Waals surface area (Å²) in [7, 11) is 1.39. The number of hydrogen-bond donors (Lipinski definition) is 1. The van der Waals surface area contributed by atoms with E-state index in [9.17, 15) is 8.78 Å². The van der Waals surface area contributed by atoms with Gasteiger partial charge in [-0.05, 0) is 19.1 Å². The van der Waals surface area contributed by atoms with Crippen LogP contribution < -0.4 is 15.2 Å². The van der Waals surface area contributed by atoms with Gasteiger partial charge in [0, 0.05) is 23.2 Å². The lowest BCUT2D eigenvalue weighted by molar-refractivity contribution is 0.294. The van der Waals surface area contributed by atoms with Gasteiger partial charge in [0.25, 0.3) is 0 Å². The van der Waals surface area contributed by atoms with Crippen LogP contribution in [0.3, 0.4) is 0 Å². The fraction of sp³-hybridized carbons (Fsp3) is 0.250. The molecule has 5 heteroatoms. The fourth-order valence-electron chi connectivity index (χ4n) is 1.95. The Balaban J connectivity index is 2.12. The smallest absolute Gasteiger partial charge is 0.171 e. The molecule has 0 saturated heterocycles. The van der Waals surface area contributed by atoms with Crippen molar-refractivity contribution in [2.45, 2.75) is 19.6 Å². The molecule has 0 aliphatic rings. The second kappa shape index (κ2) is 6.54. The molecule has 0 amide bonds. The normalized spacial score (nSPS) is 12.0. The van der Waals surface area contributed by atoms with Crippen molar-refractivity contribution in [1.82, 2.24) is 0 Å². The first-order chi connectivity index (χ1) is 10.0. The van der Waals surface area contributed by atoms with Gasteiger partial charge in [-0.15, -0.1) is 0 Å². The average molecular weight is 293 g/mol. The number of methoxy groups -OCH3 is 1. The van der Waals surface area contributed by atoms with E-state index < -0.39 is 17.7 Å². The minimum atomic E-state index is -0.479. The van der Waals surface area contributed by atoms with Gasteiger partial charge in [-0.2, -0.15) is 0 Å². The molecule has 0 aliphatic carbocycles. The molecule has 112 valence electrons. The first kappa shape index (κ1) is 15.3. The molecule has 0 fully saturated rings. The molecule has 2 aromatic carbocycles. The van der Waals surface area contributed by atoms with Gasteiger partial charge in [0.15, 0.2) is 11.6 Å². The highest BCUT2D eigenvalue weighted by molar-refractivity contribution is 5.33. The fourth-order valence-corrected chi connectivity index (χ4v) is 1.95. The highest BCUT2D eigenvalue weighted by Gasteiger charge is 2.11. The van der Waals surface area contributed by atoms with Gasteiger partial charge in [-0.1, -0.05) is 18.2 Å². The van der Waals surface area contributed by atoms with Crippen molar-refractivity contribution in [2.75, 3.05) is 7.11 Å². The molecule has 3 nitrogen and oxygen atoms in total. The summed E-state index contributed by atoms with van der Waals surface area (Å²) in [6.07, 6.45) is 0. The quantitative estimate of drug-likeness (QED) is 0.916. The molecule has 1 atom stereocenters. The number of rotatable bonds is 5. The number of benzene rings is 2. The maximum Gasteiger partial charge on any atom is 0.171 e. The maximum absolute atomic E-state index is 13.9. The largest absolute Gasteiger partial charge is 0.494 e. The Morgan fingerprint density at radius 2 is 1.95 bits per heavy atom. The van der Waals surface area contributed by atoms with Crippen LogP contribution in [0.1, 0.15) is 24.1 Å². The molecule has 21 heavy (non-hydrogen) atoms. The number of nitrogens with two attached hydrogens (primary N) is 1. The van der Waals surface area contributed by atoms with Crippen LogP contribution in [0.15, 0.2) is 36.4 Å². The third-order valence-corrected chi connectivity index (χ3v) is 3.12. The van der Waals surface area contributed by atoms with Gasteiger partial charge in [0.1, 0.15) is 18.2 Å². The predicted molar refractivity (Wildman–Crippen MR) is 76.3 cm³/mol. The van der Waals surface area contributed by atoms with Crippen molar-refractivity contribution in [3.63, 3.8) is 0 Å². The Morgan fingerprint density at radius 1 is 1.19 bits per heavy atom. The number of halogens is 2. The Bertz CT molecular complexity index is 630. The maximum atomic E-state index is 13.9. The third-order valence-electron chi connectivity index (χ3n) is 3.12. The molecule has 2 rings (SSSR count). The average Bonchev–Trinajstić information content (AvgIpc) is 2.46. The van der Waals surface area contributed by atoms with Gasteiger partial charge in [0.05, 0.1) is 7.11 Å². The zero-order valence-corrected chi connectivity index (χ0v) is 11.9. The van der Waals surface area contributed by atoms with Crippen LogP contribution in [-0.2, 0) is 6.61 Å². The first-order valence-corrected chi connectivity index (χ1v) is 6.52. The molecule has 0 bridgehead atoms. The topological polar surface area (TPSA) is 44.5 Å². The summed E-state index contributed by atoms with van der Waals surface area (Å²) < 4.78 is 38.0. The van der Waals surface area contributed by atoms with Crippen LogP contribution in [0.2, 0.25) is 0 Å². The van der Waals surface area contributed by atoms with Crippen LogP contribution in [0.5, 0.6) is 11.5 Å². The summed E-state index contributed by atoms with van der Waals surface area (Å²) in [5.41, 5.74) is 6.39. The number of ether oxygens (including phenoxy) is 2. The van der Waals surface area contributed by atoms with Crippen molar-refractivity contribution in [3.05, 3.63) is 59.2 Å². The van der Waals surface area contributed by atoms with E-state index in [0.717, 1.165) is 0 Å². The van der Waals surface area contributed by atoms with Crippen molar-refractivity contribution in [2.24, 2.45) is 5.73 Å². The molecule has 2 N–H and O–H groups in total. The third kappa shape index (κ3) is 3.49. The summed E-state index contributed by atoms with van der Waals surface area (Å²) >= 11 is 0. The van der Waals surface area contributed by atoms with Crippen LogP contribution in [0, 0.1) is 11.6 Å².